The van der Waals surface area contributed by atoms with E-state index in [1.54, 1.807) is 12.1 Å². The van der Waals surface area contributed by atoms with Gasteiger partial charge in [-0.2, -0.15) is 13.2 Å². The van der Waals surface area contributed by atoms with E-state index in [-0.39, 0.29) is 11.1 Å². The van der Waals surface area contributed by atoms with Crippen molar-refractivity contribution in [2.24, 2.45) is 5.92 Å². The van der Waals surface area contributed by atoms with Crippen LogP contribution in [0.15, 0.2) is 54.6 Å². The molecule has 1 aliphatic heterocycles. The fraction of sp³-hybridized carbons (Fsp3) is 0.308. The van der Waals surface area contributed by atoms with Crippen LogP contribution in [0.5, 0.6) is 0 Å². The standard InChI is InChI=1S/C26H22F6O2/c1-2-3-15-13-33-25(34-14-15)18-8-9-20(21(27)10-18)17-6-4-16(5-7-17)19-11-22(28)24(23(29)12-19)26(30,31)32/h4-12,15,25H,2-3,13-14H2,1H3. The summed E-state index contributed by atoms with van der Waals surface area (Å²) in [5.74, 6) is -3.56. The Kier molecular flexibility index (Phi) is 7.00. The Morgan fingerprint density at radius 1 is 0.765 bits per heavy atom. The van der Waals surface area contributed by atoms with E-state index in [9.17, 15) is 26.3 Å². The Morgan fingerprint density at radius 2 is 1.35 bits per heavy atom. The van der Waals surface area contributed by atoms with E-state index >= 15 is 0 Å². The van der Waals surface area contributed by atoms with Crippen LogP contribution >= 0.6 is 0 Å². The van der Waals surface area contributed by atoms with Gasteiger partial charge in [-0.1, -0.05) is 49.7 Å². The third-order valence-electron chi connectivity index (χ3n) is 5.78. The molecule has 3 aromatic carbocycles. The van der Waals surface area contributed by atoms with Gasteiger partial charge in [-0.3, -0.25) is 0 Å². The van der Waals surface area contributed by atoms with Crippen molar-refractivity contribution in [1.82, 2.24) is 0 Å². The molecule has 8 heteroatoms. The summed E-state index contributed by atoms with van der Waals surface area (Å²) in [4.78, 5) is 0. The minimum absolute atomic E-state index is 0.0571. The van der Waals surface area contributed by atoms with Crippen LogP contribution in [0.25, 0.3) is 22.3 Å². The fourth-order valence-electron chi connectivity index (χ4n) is 4.08. The molecule has 0 aromatic heterocycles. The van der Waals surface area contributed by atoms with Crippen LogP contribution in [-0.4, -0.2) is 13.2 Å². The van der Waals surface area contributed by atoms with Gasteiger partial charge in [-0.05, 0) is 41.3 Å². The first kappa shape index (κ1) is 24.3. The number of benzene rings is 3. The van der Waals surface area contributed by atoms with Crippen LogP contribution in [0.1, 0.15) is 37.2 Å². The molecular formula is C26H22F6O2. The van der Waals surface area contributed by atoms with Gasteiger partial charge in [0.25, 0.3) is 0 Å². The van der Waals surface area contributed by atoms with Gasteiger partial charge in [0.1, 0.15) is 23.0 Å². The second-order valence-electron chi connectivity index (χ2n) is 8.28. The summed E-state index contributed by atoms with van der Waals surface area (Å²) in [5.41, 5.74) is -0.351. The minimum atomic E-state index is -5.13. The van der Waals surface area contributed by atoms with E-state index < -0.39 is 35.5 Å². The van der Waals surface area contributed by atoms with E-state index in [1.165, 1.54) is 30.3 Å². The molecule has 1 saturated heterocycles. The molecular weight excluding hydrogens is 458 g/mol. The molecule has 1 fully saturated rings. The van der Waals surface area contributed by atoms with Crippen molar-refractivity contribution in [1.29, 1.82) is 0 Å². The second kappa shape index (κ2) is 9.80. The highest BCUT2D eigenvalue weighted by atomic mass is 19.4. The molecule has 1 aliphatic rings. The van der Waals surface area contributed by atoms with Crippen LogP contribution in [0, 0.1) is 23.4 Å². The lowest BCUT2D eigenvalue weighted by molar-refractivity contribution is -0.206. The quantitative estimate of drug-likeness (QED) is 0.346. The van der Waals surface area contributed by atoms with Crippen LogP contribution < -0.4 is 0 Å². The summed E-state index contributed by atoms with van der Waals surface area (Å²) in [6, 6.07) is 11.9. The number of halogens is 6. The Balaban J connectivity index is 1.52. The van der Waals surface area contributed by atoms with Gasteiger partial charge in [0.2, 0.25) is 0 Å². The third kappa shape index (κ3) is 5.13. The molecule has 2 nitrogen and oxygen atoms in total. The zero-order valence-electron chi connectivity index (χ0n) is 18.3. The van der Waals surface area contributed by atoms with E-state index in [4.69, 9.17) is 9.47 Å². The summed E-state index contributed by atoms with van der Waals surface area (Å²) < 4.78 is 92.5. The summed E-state index contributed by atoms with van der Waals surface area (Å²) in [6.07, 6.45) is -3.73. The zero-order chi connectivity index (χ0) is 24.5. The molecule has 0 atom stereocenters. The average Bonchev–Trinajstić information content (AvgIpc) is 2.78. The normalized spacial score (nSPS) is 18.8. The van der Waals surface area contributed by atoms with Gasteiger partial charge in [0.05, 0.1) is 13.2 Å². The van der Waals surface area contributed by atoms with Crippen molar-refractivity contribution >= 4 is 0 Å². The van der Waals surface area contributed by atoms with E-state index in [1.807, 2.05) is 0 Å². The average molecular weight is 480 g/mol. The molecule has 0 N–H and O–H groups in total. The molecule has 180 valence electrons. The van der Waals surface area contributed by atoms with Gasteiger partial charge in [-0.15, -0.1) is 0 Å². The number of hydrogen-bond acceptors (Lipinski definition) is 2. The van der Waals surface area contributed by atoms with Crippen molar-refractivity contribution < 1.29 is 35.8 Å². The van der Waals surface area contributed by atoms with Crippen LogP contribution in [0.4, 0.5) is 26.3 Å². The highest BCUT2D eigenvalue weighted by molar-refractivity contribution is 5.71. The van der Waals surface area contributed by atoms with Crippen LogP contribution in [0.2, 0.25) is 0 Å². The van der Waals surface area contributed by atoms with Crippen molar-refractivity contribution in [2.75, 3.05) is 13.2 Å². The van der Waals surface area contributed by atoms with Crippen molar-refractivity contribution in [3.63, 3.8) is 0 Å². The van der Waals surface area contributed by atoms with Gasteiger partial charge in [0, 0.05) is 17.0 Å². The maximum Gasteiger partial charge on any atom is 0.422 e. The molecule has 3 aromatic rings. The van der Waals surface area contributed by atoms with E-state index in [0.29, 0.717) is 48.0 Å². The molecule has 1 heterocycles. The Labute approximate surface area is 193 Å². The predicted octanol–water partition coefficient (Wildman–Crippen LogP) is 7.92. The van der Waals surface area contributed by atoms with Crippen LogP contribution in [-0.2, 0) is 15.7 Å². The van der Waals surface area contributed by atoms with Crippen molar-refractivity contribution in [3.8, 4) is 22.3 Å². The summed E-state index contributed by atoms with van der Waals surface area (Å²) in [7, 11) is 0. The van der Waals surface area contributed by atoms with Crippen LogP contribution in [0.3, 0.4) is 0 Å². The lowest BCUT2D eigenvalue weighted by atomic mass is 9.98. The molecule has 0 bridgehead atoms. The van der Waals surface area contributed by atoms with Gasteiger partial charge in [0.15, 0.2) is 6.29 Å². The highest BCUT2D eigenvalue weighted by Gasteiger charge is 2.38. The lowest BCUT2D eigenvalue weighted by Crippen LogP contribution is -2.27. The molecule has 4 rings (SSSR count). The number of rotatable bonds is 5. The number of alkyl halides is 3. The predicted molar refractivity (Wildman–Crippen MR) is 115 cm³/mol. The second-order valence-corrected chi connectivity index (χ2v) is 8.28. The van der Waals surface area contributed by atoms with Gasteiger partial charge in [-0.25, -0.2) is 13.2 Å². The molecule has 34 heavy (non-hydrogen) atoms. The SMILES string of the molecule is CCCC1COC(c2ccc(-c3ccc(-c4cc(F)c(C(F)(F)F)c(F)c4)cc3)c(F)c2)OC1. The maximum absolute atomic E-state index is 14.9. The van der Waals surface area contributed by atoms with E-state index in [2.05, 4.69) is 6.92 Å². The third-order valence-corrected chi connectivity index (χ3v) is 5.78. The lowest BCUT2D eigenvalue weighted by Gasteiger charge is -2.29. The zero-order valence-corrected chi connectivity index (χ0v) is 18.3. The minimum Gasteiger partial charge on any atom is -0.348 e. The Hall–Kier alpha value is -2.84. The largest absolute Gasteiger partial charge is 0.422 e. The summed E-state index contributed by atoms with van der Waals surface area (Å²) in [6.45, 7) is 3.19. The fourth-order valence-corrected chi connectivity index (χ4v) is 4.08. The first-order valence-corrected chi connectivity index (χ1v) is 10.9. The number of hydrogen-bond donors (Lipinski definition) is 0. The molecule has 0 unspecified atom stereocenters. The smallest absolute Gasteiger partial charge is 0.348 e. The van der Waals surface area contributed by atoms with Crippen molar-refractivity contribution in [2.45, 2.75) is 32.2 Å². The molecule has 0 radical (unpaired) electrons. The Bertz CT molecular complexity index is 1130. The summed E-state index contributed by atoms with van der Waals surface area (Å²) >= 11 is 0. The molecule has 0 saturated carbocycles. The maximum atomic E-state index is 14.9. The molecule has 0 amide bonds. The van der Waals surface area contributed by atoms with E-state index in [0.717, 1.165) is 12.8 Å². The van der Waals surface area contributed by atoms with Gasteiger partial charge >= 0.3 is 6.18 Å². The first-order chi connectivity index (χ1) is 16.2. The number of ether oxygens (including phenoxy) is 2. The molecule has 0 spiro atoms. The van der Waals surface area contributed by atoms with Gasteiger partial charge < -0.3 is 9.47 Å². The Morgan fingerprint density at radius 3 is 1.88 bits per heavy atom. The first-order valence-electron chi connectivity index (χ1n) is 10.9. The summed E-state index contributed by atoms with van der Waals surface area (Å²) in [5, 5.41) is 0. The van der Waals surface area contributed by atoms with Crippen molar-refractivity contribution in [3.05, 3.63) is 83.2 Å². The topological polar surface area (TPSA) is 18.5 Å². The highest BCUT2D eigenvalue weighted by Crippen LogP contribution is 2.36. The monoisotopic (exact) mass is 480 g/mol. The molecule has 0 aliphatic carbocycles.